The quantitative estimate of drug-likeness (QED) is 0.0294. The topological polar surface area (TPSA) is 383 Å². The van der Waals surface area contributed by atoms with Crippen LogP contribution >= 0.6 is 23.5 Å². The minimum Gasteiger partial charge on any atom is -0.481 e. The fourth-order valence-electron chi connectivity index (χ4n) is 13.8. The number of hydrogen-bond donors (Lipinski definition) is 13. The van der Waals surface area contributed by atoms with E-state index < -0.39 is 24.0 Å². The zero-order valence-corrected chi connectivity index (χ0v) is 56.1. The number of carboxylic acid groups (broad SMARTS) is 1. The maximum absolute atomic E-state index is 14.0. The number of amides is 8. The third-order valence-corrected chi connectivity index (χ3v) is 22.3. The van der Waals surface area contributed by atoms with E-state index in [2.05, 4.69) is 89.5 Å². The van der Waals surface area contributed by atoms with Crippen molar-refractivity contribution >= 4 is 88.8 Å². The summed E-state index contributed by atoms with van der Waals surface area (Å²) in [6.07, 6.45) is 21.3. The van der Waals surface area contributed by atoms with Crippen LogP contribution in [-0.4, -0.2) is 210 Å². The van der Waals surface area contributed by atoms with Gasteiger partial charge in [-0.05, 0) is 89.9 Å². The number of H-pyrrole nitrogens is 2. The first-order chi connectivity index (χ1) is 46.2. The summed E-state index contributed by atoms with van der Waals surface area (Å²) in [5.74, 6) is 2.08. The molecule has 8 amide bonds. The summed E-state index contributed by atoms with van der Waals surface area (Å²) in [4.78, 5) is 139. The second-order valence-corrected chi connectivity index (χ2v) is 28.9. The van der Waals surface area contributed by atoms with Gasteiger partial charge in [0.05, 0.1) is 48.6 Å². The Kier molecular flexibility index (Phi) is 26.2. The Morgan fingerprint density at radius 2 is 0.958 bits per heavy atom. The summed E-state index contributed by atoms with van der Waals surface area (Å²) in [5.41, 5.74) is 1.42. The van der Waals surface area contributed by atoms with Gasteiger partial charge in [0.25, 0.3) is 0 Å². The van der Waals surface area contributed by atoms with E-state index >= 15 is 0 Å². The number of aromatic amines is 2. The number of imidazole rings is 2. The van der Waals surface area contributed by atoms with E-state index in [0.29, 0.717) is 168 Å². The minimum atomic E-state index is -0.840. The summed E-state index contributed by atoms with van der Waals surface area (Å²) in [6, 6.07) is -0.924. The number of nitrogens with one attached hydrogen (secondary N) is 12. The van der Waals surface area contributed by atoms with E-state index in [1.807, 2.05) is 28.4 Å². The number of aromatic nitrogens is 7. The van der Waals surface area contributed by atoms with Crippen molar-refractivity contribution in [1.29, 1.82) is 0 Å². The number of nitrogens with zero attached hydrogens (tertiary/aromatic N) is 8. The third kappa shape index (κ3) is 21.2. The molecule has 8 atom stereocenters. The first-order valence-electron chi connectivity index (χ1n) is 34.6. The maximum atomic E-state index is 14.0. The van der Waals surface area contributed by atoms with Crippen LogP contribution in [0.25, 0.3) is 0 Å². The number of fused-ring (bicyclic) bond motifs is 2. The number of rotatable bonds is 36. The molecular weight excluding hydrogens is 1260 g/mol. The molecule has 3 aromatic rings. The van der Waals surface area contributed by atoms with Crippen LogP contribution in [0.1, 0.15) is 153 Å². The van der Waals surface area contributed by atoms with Crippen LogP contribution in [0.4, 0.5) is 22.6 Å². The van der Waals surface area contributed by atoms with Crippen molar-refractivity contribution in [1.82, 2.24) is 88.1 Å². The van der Waals surface area contributed by atoms with Crippen LogP contribution in [0, 0.1) is 5.92 Å². The van der Waals surface area contributed by atoms with Crippen molar-refractivity contribution in [3.63, 3.8) is 0 Å². The summed E-state index contributed by atoms with van der Waals surface area (Å²) < 4.78 is 0. The summed E-state index contributed by atoms with van der Waals surface area (Å²) in [5, 5.41) is 41.9. The summed E-state index contributed by atoms with van der Waals surface area (Å²) >= 11 is 3.86. The third-order valence-electron chi connectivity index (χ3n) is 19.3. The fraction of sp³-hybridized carbons (Fsp3) is 0.703. The smallest absolute Gasteiger partial charge is 0.315 e. The van der Waals surface area contributed by atoms with Gasteiger partial charge in [0, 0.05) is 149 Å². The zero-order valence-electron chi connectivity index (χ0n) is 54.5. The van der Waals surface area contributed by atoms with Crippen molar-refractivity contribution in [3.05, 3.63) is 48.8 Å². The molecule has 0 aromatic carbocycles. The molecule has 13 N–H and O–H groups in total. The molecule has 29 nitrogen and oxygen atoms in total. The van der Waals surface area contributed by atoms with Crippen molar-refractivity contribution in [2.45, 2.75) is 213 Å². The predicted octanol–water partition coefficient (Wildman–Crippen LogP) is 2.40. The highest BCUT2D eigenvalue weighted by atomic mass is 32.2. The number of urea groups is 1. The van der Waals surface area contributed by atoms with E-state index in [1.54, 1.807) is 18.7 Å². The molecule has 7 fully saturated rings. The molecule has 0 saturated carbocycles. The van der Waals surface area contributed by atoms with E-state index in [4.69, 9.17) is 15.0 Å². The van der Waals surface area contributed by atoms with Crippen molar-refractivity contribution in [2.75, 3.05) is 78.6 Å². The lowest BCUT2D eigenvalue weighted by Crippen LogP contribution is -2.53. The number of aliphatic carboxylic acids is 1. The number of unbranched alkanes of at least 4 members (excludes halogenated alkanes) is 6. The fourth-order valence-corrected chi connectivity index (χ4v) is 16.9. The molecule has 7 aliphatic rings. The Hall–Kier alpha value is -7.57. The Balaban J connectivity index is 0.645. The van der Waals surface area contributed by atoms with Gasteiger partial charge in [0.1, 0.15) is 12.1 Å². The molecule has 520 valence electrons. The van der Waals surface area contributed by atoms with Gasteiger partial charge >= 0.3 is 12.0 Å². The highest BCUT2D eigenvalue weighted by molar-refractivity contribution is 8.00. The maximum Gasteiger partial charge on any atom is 0.315 e. The lowest BCUT2D eigenvalue weighted by Gasteiger charge is -2.36. The number of carbonyl (C=O) groups excluding carboxylic acids is 7. The highest BCUT2D eigenvalue weighted by Crippen LogP contribution is 2.35. The Morgan fingerprint density at radius 3 is 1.40 bits per heavy atom. The summed E-state index contributed by atoms with van der Waals surface area (Å²) in [7, 11) is 0. The van der Waals surface area contributed by atoms with Gasteiger partial charge in [-0.15, -0.1) is 0 Å². The molecule has 3 unspecified atom stereocenters. The standard InChI is InChI=1S/C64H98N20O9S2/c1-40-71-48-36-94-50(56(48)72-40)12-6-8-14-52(85)67-24-10-2-4-16-54(87)75-46(32-44-34-65-38-69-44)58(89)73-42-20-28-83(29-21-42)62-79-61(82-26-18-41(19-27-82)60(91)92)80-63(81-62)84-30-22-43(23-31-84)74-59(90)47(33-45-35-66-39-70-45)76-55(88)17-5-3-11-25-68-53(86)15-9-7-13-51-57-49(37-95-51)77-64(93)78-57/h34-35,38-39,41-43,46-51,56-57,71-72H,1-33,36-37H2,(H,65,69)(H,66,70)(H,67,85)(H,68,86)(H,73,89)(H,74,90)(H,75,87)(H,76,88)(H,91,92)(H2,77,78,93)/t46?,47?,48-,49+,50?,51+,56-,57+/m0/s1. The Labute approximate surface area is 564 Å². The summed E-state index contributed by atoms with van der Waals surface area (Å²) in [6.45, 7) is 8.11. The van der Waals surface area contributed by atoms with E-state index in [-0.39, 0.29) is 91.3 Å². The minimum absolute atomic E-state index is 0.0155. The molecule has 10 rings (SSSR count). The number of hydrogen-bond acceptors (Lipinski definition) is 20. The molecule has 0 bridgehead atoms. The predicted molar refractivity (Wildman–Crippen MR) is 362 cm³/mol. The van der Waals surface area contributed by atoms with Gasteiger partial charge in [-0.1, -0.05) is 32.3 Å². The molecule has 3 aromatic heterocycles. The van der Waals surface area contributed by atoms with Crippen LogP contribution in [0.5, 0.6) is 0 Å². The van der Waals surface area contributed by atoms with Crippen molar-refractivity contribution in [2.24, 2.45) is 5.92 Å². The molecule has 95 heavy (non-hydrogen) atoms. The lowest BCUT2D eigenvalue weighted by molar-refractivity contribution is -0.142. The molecule has 0 aliphatic carbocycles. The Bertz CT molecular complexity index is 2850. The van der Waals surface area contributed by atoms with E-state index in [0.717, 1.165) is 81.5 Å². The van der Waals surface area contributed by atoms with Crippen LogP contribution in [0.15, 0.2) is 37.4 Å². The molecule has 7 aliphatic heterocycles. The number of piperidine rings is 3. The normalized spacial score (nSPS) is 22.7. The molecular formula is C64H98N20O9S2. The Morgan fingerprint density at radius 1 is 0.537 bits per heavy atom. The molecule has 0 radical (unpaired) electrons. The van der Waals surface area contributed by atoms with Crippen molar-refractivity contribution < 1.29 is 43.5 Å². The number of carboxylic acids is 1. The lowest BCUT2D eigenvalue weighted by atomic mass is 9.97. The zero-order chi connectivity index (χ0) is 66.5. The van der Waals surface area contributed by atoms with Gasteiger partial charge in [-0.2, -0.15) is 38.5 Å². The molecule has 31 heteroatoms. The van der Waals surface area contributed by atoms with Crippen LogP contribution in [-0.2, 0) is 46.4 Å². The van der Waals surface area contributed by atoms with E-state index in [9.17, 15) is 43.5 Å². The first-order valence-corrected chi connectivity index (χ1v) is 36.7. The van der Waals surface area contributed by atoms with Gasteiger partial charge in [-0.25, -0.2) is 14.8 Å². The average molecular weight is 1360 g/mol. The van der Waals surface area contributed by atoms with Crippen LogP contribution in [0.3, 0.4) is 0 Å². The van der Waals surface area contributed by atoms with Crippen LogP contribution < -0.4 is 67.9 Å². The first kappa shape index (κ1) is 70.2. The van der Waals surface area contributed by atoms with Gasteiger partial charge in [0.15, 0.2) is 0 Å². The average Bonchev–Trinajstić information content (AvgIpc) is 1.45. The van der Waals surface area contributed by atoms with Gasteiger partial charge < -0.3 is 82.9 Å². The monoisotopic (exact) mass is 1350 g/mol. The van der Waals surface area contributed by atoms with Gasteiger partial charge in [-0.3, -0.25) is 33.6 Å². The second-order valence-electron chi connectivity index (χ2n) is 26.4. The molecule has 10 heterocycles. The van der Waals surface area contributed by atoms with Crippen LogP contribution in [0.2, 0.25) is 0 Å². The number of anilines is 3. The van der Waals surface area contributed by atoms with E-state index in [1.165, 1.54) is 6.33 Å². The number of thioether (sulfide) groups is 2. The largest absolute Gasteiger partial charge is 0.481 e. The second kappa shape index (κ2) is 35.4. The van der Waals surface area contributed by atoms with Gasteiger partial charge in [0.2, 0.25) is 53.3 Å². The number of carbonyl (C=O) groups is 8. The molecule has 7 saturated heterocycles. The SMILES string of the molecule is C=C1N[C@H]2CSC(CCCCC(=O)NCCCCCC(=O)NC(Cc3cnc[nH]3)C(=O)NC3CCN(c4nc(N5CCC(NC(=O)C(Cc6cnc[nH]6)NC(=O)CCCCCNC(=O)CCCC[C@H]6SC[C@H]7NC(=O)N[C@H]76)CC5)nc(N5CCC(C(=O)O)CC5)n4)CC3)[C@H]2N1. The van der Waals surface area contributed by atoms with Crippen molar-refractivity contribution in [3.8, 4) is 0 Å². The molecule has 0 spiro atoms. The highest BCUT2D eigenvalue weighted by Gasteiger charge is 2.43.